The van der Waals surface area contributed by atoms with Crippen molar-refractivity contribution in [3.8, 4) is 5.75 Å². The van der Waals surface area contributed by atoms with Crippen LogP contribution in [-0.4, -0.2) is 30.3 Å². The van der Waals surface area contributed by atoms with Crippen LogP contribution in [0.4, 0.5) is 0 Å². The fourth-order valence-electron chi connectivity index (χ4n) is 2.29. The van der Waals surface area contributed by atoms with Gasteiger partial charge >= 0.3 is 0 Å². The van der Waals surface area contributed by atoms with Crippen molar-refractivity contribution in [2.75, 3.05) is 7.11 Å². The van der Waals surface area contributed by atoms with Gasteiger partial charge in [-0.15, -0.1) is 10.2 Å². The molecule has 1 aromatic carbocycles. The Morgan fingerprint density at radius 1 is 1.38 bits per heavy atom. The Morgan fingerprint density at radius 3 is 2.76 bits per heavy atom. The maximum atomic E-state index is 11.6. The summed E-state index contributed by atoms with van der Waals surface area (Å²) < 4.78 is 30.0. The molecule has 112 valence electrons. The Balaban J connectivity index is 1.97. The predicted octanol–water partition coefficient (Wildman–Crippen LogP) is 0.860. The summed E-state index contributed by atoms with van der Waals surface area (Å²) in [6, 6.07) is 7.69. The Kier molecular flexibility index (Phi) is 3.42. The van der Waals surface area contributed by atoms with Gasteiger partial charge in [0.15, 0.2) is 0 Å². The van der Waals surface area contributed by atoms with Gasteiger partial charge in [0, 0.05) is 12.5 Å². The molecule has 0 bridgehead atoms. The number of benzene rings is 1. The molecule has 0 radical (unpaired) electrons. The standard InChI is InChI=1S/C13H16N4O3S/c1-20-11-4-2-3-9(7-11)8-12-15-16-13(21(14,18)19)17(12)10-5-6-10/h2-4,7,10H,5-6,8H2,1H3,(H2,14,18,19). The van der Waals surface area contributed by atoms with Gasteiger partial charge in [0.05, 0.1) is 7.11 Å². The van der Waals surface area contributed by atoms with Crippen LogP contribution in [0.3, 0.4) is 0 Å². The molecule has 0 unspecified atom stereocenters. The van der Waals surface area contributed by atoms with Crippen molar-refractivity contribution in [2.45, 2.75) is 30.5 Å². The van der Waals surface area contributed by atoms with Crippen molar-refractivity contribution >= 4 is 10.0 Å². The van der Waals surface area contributed by atoms with Gasteiger partial charge in [-0.05, 0) is 30.5 Å². The summed E-state index contributed by atoms with van der Waals surface area (Å²) in [5, 5.41) is 12.8. The molecule has 7 nitrogen and oxygen atoms in total. The fraction of sp³-hybridized carbons (Fsp3) is 0.385. The molecule has 0 spiro atoms. The first-order chi connectivity index (χ1) is 9.99. The van der Waals surface area contributed by atoms with E-state index in [0.717, 1.165) is 24.2 Å². The van der Waals surface area contributed by atoms with Gasteiger partial charge in [0.25, 0.3) is 15.2 Å². The molecule has 0 saturated heterocycles. The molecule has 0 amide bonds. The van der Waals surface area contributed by atoms with Crippen LogP contribution in [0.15, 0.2) is 29.4 Å². The zero-order valence-corrected chi connectivity index (χ0v) is 12.4. The normalized spacial score (nSPS) is 15.1. The lowest BCUT2D eigenvalue weighted by Gasteiger charge is -2.08. The molecular formula is C13H16N4O3S. The Morgan fingerprint density at radius 2 is 2.14 bits per heavy atom. The average molecular weight is 308 g/mol. The first-order valence-electron chi connectivity index (χ1n) is 6.58. The van der Waals surface area contributed by atoms with Crippen molar-refractivity contribution < 1.29 is 13.2 Å². The van der Waals surface area contributed by atoms with Gasteiger partial charge in [0.1, 0.15) is 11.6 Å². The van der Waals surface area contributed by atoms with Crippen LogP contribution in [-0.2, 0) is 16.4 Å². The van der Waals surface area contributed by atoms with Gasteiger partial charge in [-0.1, -0.05) is 12.1 Å². The molecule has 1 aliphatic carbocycles. The molecule has 2 aromatic rings. The number of primary sulfonamides is 1. The van der Waals surface area contributed by atoms with E-state index < -0.39 is 10.0 Å². The van der Waals surface area contributed by atoms with Gasteiger partial charge in [0.2, 0.25) is 0 Å². The monoisotopic (exact) mass is 308 g/mol. The lowest BCUT2D eigenvalue weighted by molar-refractivity contribution is 0.414. The molecule has 21 heavy (non-hydrogen) atoms. The largest absolute Gasteiger partial charge is 0.497 e. The lowest BCUT2D eigenvalue weighted by Crippen LogP contribution is -2.19. The molecule has 1 fully saturated rings. The number of ether oxygens (including phenoxy) is 1. The highest BCUT2D eigenvalue weighted by molar-refractivity contribution is 7.89. The maximum absolute atomic E-state index is 11.6. The third kappa shape index (κ3) is 2.91. The van der Waals surface area contributed by atoms with E-state index in [4.69, 9.17) is 9.88 Å². The molecule has 0 aliphatic heterocycles. The molecule has 1 heterocycles. The molecule has 2 N–H and O–H groups in total. The molecule has 1 aromatic heterocycles. The Labute approximate surface area is 122 Å². The van der Waals surface area contributed by atoms with Crippen LogP contribution in [0, 0.1) is 0 Å². The van der Waals surface area contributed by atoms with Crippen molar-refractivity contribution in [1.82, 2.24) is 14.8 Å². The quantitative estimate of drug-likeness (QED) is 0.883. The van der Waals surface area contributed by atoms with Crippen LogP contribution in [0.1, 0.15) is 30.3 Å². The zero-order valence-electron chi connectivity index (χ0n) is 11.6. The van der Waals surface area contributed by atoms with Crippen molar-refractivity contribution in [1.29, 1.82) is 0 Å². The average Bonchev–Trinajstić information content (AvgIpc) is 3.19. The van der Waals surface area contributed by atoms with Crippen LogP contribution in [0.5, 0.6) is 5.75 Å². The van der Waals surface area contributed by atoms with E-state index in [0.29, 0.717) is 12.2 Å². The first-order valence-corrected chi connectivity index (χ1v) is 8.13. The van der Waals surface area contributed by atoms with Gasteiger partial charge in [-0.3, -0.25) is 4.57 Å². The number of nitrogens with two attached hydrogens (primary N) is 1. The van der Waals surface area contributed by atoms with E-state index in [-0.39, 0.29) is 11.2 Å². The molecule has 1 saturated carbocycles. The summed E-state index contributed by atoms with van der Waals surface area (Å²) in [5.41, 5.74) is 0.976. The fourth-order valence-corrected chi connectivity index (χ4v) is 2.97. The van der Waals surface area contributed by atoms with E-state index in [1.807, 2.05) is 24.3 Å². The molecular weight excluding hydrogens is 292 g/mol. The Hall–Kier alpha value is -1.93. The summed E-state index contributed by atoms with van der Waals surface area (Å²) in [6.07, 6.45) is 2.33. The van der Waals surface area contributed by atoms with Gasteiger partial charge in [-0.2, -0.15) is 0 Å². The minimum Gasteiger partial charge on any atom is -0.497 e. The summed E-state index contributed by atoms with van der Waals surface area (Å²) in [7, 11) is -2.26. The molecule has 8 heteroatoms. The van der Waals surface area contributed by atoms with E-state index in [9.17, 15) is 8.42 Å². The number of hydrogen-bond donors (Lipinski definition) is 1. The number of nitrogens with zero attached hydrogens (tertiary/aromatic N) is 3. The highest BCUT2D eigenvalue weighted by atomic mass is 32.2. The topological polar surface area (TPSA) is 100 Å². The smallest absolute Gasteiger partial charge is 0.273 e. The van der Waals surface area contributed by atoms with E-state index in [1.165, 1.54) is 0 Å². The summed E-state index contributed by atoms with van der Waals surface area (Å²) in [6.45, 7) is 0. The van der Waals surface area contributed by atoms with Crippen molar-refractivity contribution in [3.05, 3.63) is 35.7 Å². The summed E-state index contributed by atoms with van der Waals surface area (Å²) >= 11 is 0. The first kappa shape index (κ1) is 14.0. The third-order valence-corrected chi connectivity index (χ3v) is 4.19. The lowest BCUT2D eigenvalue weighted by atomic mass is 10.1. The van der Waals surface area contributed by atoms with Crippen molar-refractivity contribution in [2.24, 2.45) is 5.14 Å². The van der Waals surface area contributed by atoms with Gasteiger partial charge < -0.3 is 4.74 Å². The van der Waals surface area contributed by atoms with Gasteiger partial charge in [-0.25, -0.2) is 13.6 Å². The highest BCUT2D eigenvalue weighted by Crippen LogP contribution is 2.37. The van der Waals surface area contributed by atoms with E-state index >= 15 is 0 Å². The summed E-state index contributed by atoms with van der Waals surface area (Å²) in [5.74, 6) is 1.35. The number of hydrogen-bond acceptors (Lipinski definition) is 5. The van der Waals surface area contributed by atoms with E-state index in [1.54, 1.807) is 11.7 Å². The molecule has 1 aliphatic rings. The number of sulfonamides is 1. The molecule has 0 atom stereocenters. The number of aromatic nitrogens is 3. The zero-order chi connectivity index (χ0) is 15.0. The summed E-state index contributed by atoms with van der Waals surface area (Å²) in [4.78, 5) is 0. The third-order valence-electron chi connectivity index (χ3n) is 3.40. The predicted molar refractivity (Wildman–Crippen MR) is 75.5 cm³/mol. The second-order valence-electron chi connectivity index (χ2n) is 5.07. The number of methoxy groups -OCH3 is 1. The second kappa shape index (κ2) is 5.12. The minimum absolute atomic E-state index is 0.133. The van der Waals surface area contributed by atoms with Crippen LogP contribution in [0.2, 0.25) is 0 Å². The minimum atomic E-state index is -3.86. The SMILES string of the molecule is COc1cccc(Cc2nnc(S(N)(=O)=O)n2C2CC2)c1. The second-order valence-corrected chi connectivity index (χ2v) is 6.53. The Bertz CT molecular complexity index is 765. The number of rotatable bonds is 5. The highest BCUT2D eigenvalue weighted by Gasteiger charge is 2.33. The van der Waals surface area contributed by atoms with Crippen LogP contribution < -0.4 is 9.88 Å². The van der Waals surface area contributed by atoms with E-state index in [2.05, 4.69) is 10.2 Å². The van der Waals surface area contributed by atoms with Crippen LogP contribution in [0.25, 0.3) is 0 Å². The van der Waals surface area contributed by atoms with Crippen LogP contribution >= 0.6 is 0 Å². The molecule has 3 rings (SSSR count). The van der Waals surface area contributed by atoms with Crippen molar-refractivity contribution in [3.63, 3.8) is 0 Å². The maximum Gasteiger partial charge on any atom is 0.273 e.